The van der Waals surface area contributed by atoms with Crippen LogP contribution in [0.5, 0.6) is 0 Å². The zero-order valence-electron chi connectivity index (χ0n) is 12.1. The van der Waals surface area contributed by atoms with Gasteiger partial charge < -0.3 is 19.7 Å². The molecule has 1 aliphatic heterocycles. The maximum atomic E-state index is 5.67. The number of aromatic nitrogens is 3. The molecule has 0 radical (unpaired) electrons. The summed E-state index contributed by atoms with van der Waals surface area (Å²) in [6, 6.07) is 0. The average Bonchev–Trinajstić information content (AvgIpc) is 3.14. The van der Waals surface area contributed by atoms with Gasteiger partial charge in [-0.1, -0.05) is 5.16 Å². The van der Waals surface area contributed by atoms with Gasteiger partial charge in [-0.05, 0) is 6.92 Å². The van der Waals surface area contributed by atoms with E-state index in [0.717, 1.165) is 28.4 Å². The fourth-order valence-corrected chi connectivity index (χ4v) is 3.32. The second kappa shape index (κ2) is 5.80. The highest BCUT2D eigenvalue weighted by atomic mass is 32.1. The van der Waals surface area contributed by atoms with Crippen LogP contribution in [0.3, 0.4) is 0 Å². The van der Waals surface area contributed by atoms with Gasteiger partial charge in [0.15, 0.2) is 0 Å². The number of aryl methyl sites for hydroxylation is 1. The minimum atomic E-state index is -0.519. The summed E-state index contributed by atoms with van der Waals surface area (Å²) in [5.74, 6) is 1.05. The molecule has 3 heterocycles. The molecule has 7 nitrogen and oxygen atoms in total. The molecule has 2 aromatic heterocycles. The molecule has 0 amide bonds. The first-order chi connectivity index (χ1) is 10.2. The Balaban J connectivity index is 1.93. The summed E-state index contributed by atoms with van der Waals surface area (Å²) in [5.41, 5.74) is 5.96. The molecule has 0 bridgehead atoms. The van der Waals surface area contributed by atoms with E-state index >= 15 is 0 Å². The Hall–Kier alpha value is -1.35. The molecule has 1 fully saturated rings. The van der Waals surface area contributed by atoms with Gasteiger partial charge in [0.2, 0.25) is 5.82 Å². The van der Waals surface area contributed by atoms with E-state index in [0.29, 0.717) is 31.5 Å². The number of rotatable bonds is 4. The van der Waals surface area contributed by atoms with E-state index in [2.05, 4.69) is 15.1 Å². The molecule has 0 aliphatic carbocycles. The van der Waals surface area contributed by atoms with Crippen molar-refractivity contribution in [2.45, 2.75) is 31.9 Å². The first kappa shape index (κ1) is 14.6. The van der Waals surface area contributed by atoms with Gasteiger partial charge >= 0.3 is 0 Å². The van der Waals surface area contributed by atoms with Gasteiger partial charge in [0.1, 0.15) is 15.5 Å². The molecule has 8 heteroatoms. The molecule has 1 aliphatic rings. The number of methoxy groups -OCH3 is 1. The molecule has 3 rings (SSSR count). The van der Waals surface area contributed by atoms with Gasteiger partial charge in [0, 0.05) is 39.7 Å². The predicted octanol–water partition coefficient (Wildman–Crippen LogP) is 1.61. The highest BCUT2D eigenvalue weighted by molar-refractivity contribution is 7.15. The van der Waals surface area contributed by atoms with Gasteiger partial charge in [-0.3, -0.25) is 0 Å². The summed E-state index contributed by atoms with van der Waals surface area (Å²) < 4.78 is 16.5. The van der Waals surface area contributed by atoms with Gasteiger partial charge in [-0.15, -0.1) is 11.3 Å². The summed E-state index contributed by atoms with van der Waals surface area (Å²) in [7, 11) is 1.67. The van der Waals surface area contributed by atoms with Gasteiger partial charge in [-0.25, -0.2) is 4.98 Å². The normalized spacial score (nSPS) is 18.0. The highest BCUT2D eigenvalue weighted by Gasteiger charge is 2.39. The minimum Gasteiger partial charge on any atom is -0.381 e. The molecular weight excluding hydrogens is 292 g/mol. The first-order valence-corrected chi connectivity index (χ1v) is 7.64. The molecule has 0 spiro atoms. The lowest BCUT2D eigenvalue weighted by atomic mass is 9.93. The van der Waals surface area contributed by atoms with E-state index in [1.165, 1.54) is 11.3 Å². The quantitative estimate of drug-likeness (QED) is 0.916. The number of thiazole rings is 1. The Bertz CT molecular complexity index is 619. The van der Waals surface area contributed by atoms with Crippen LogP contribution in [0, 0.1) is 6.92 Å². The number of nitrogens with two attached hydrogens (primary N) is 1. The maximum absolute atomic E-state index is 5.67. The minimum absolute atomic E-state index is 0.409. The highest BCUT2D eigenvalue weighted by Crippen LogP contribution is 2.36. The zero-order chi connectivity index (χ0) is 14.9. The summed E-state index contributed by atoms with van der Waals surface area (Å²) in [6.07, 6.45) is 1.44. The van der Waals surface area contributed by atoms with Crippen molar-refractivity contribution in [2.75, 3.05) is 20.3 Å². The van der Waals surface area contributed by atoms with Crippen LogP contribution in [0.4, 0.5) is 0 Å². The van der Waals surface area contributed by atoms with Crippen molar-refractivity contribution in [1.29, 1.82) is 0 Å². The third-order valence-electron chi connectivity index (χ3n) is 3.73. The summed E-state index contributed by atoms with van der Waals surface area (Å²) in [4.78, 5) is 9.77. The number of hydrogen-bond acceptors (Lipinski definition) is 8. The summed E-state index contributed by atoms with van der Waals surface area (Å²) in [6.45, 7) is 3.59. The Kier molecular flexibility index (Phi) is 4.03. The molecule has 0 unspecified atom stereocenters. The Labute approximate surface area is 126 Å². The lowest BCUT2D eigenvalue weighted by Gasteiger charge is -2.32. The summed E-state index contributed by atoms with van der Waals surface area (Å²) in [5, 5.41) is 4.97. The topological polar surface area (TPSA) is 96.3 Å². The van der Waals surface area contributed by atoms with Gasteiger partial charge in [0.25, 0.3) is 5.89 Å². The number of ether oxygens (including phenoxy) is 2. The van der Waals surface area contributed by atoms with Crippen molar-refractivity contribution in [3.8, 4) is 10.8 Å². The first-order valence-electron chi connectivity index (χ1n) is 6.82. The van der Waals surface area contributed by atoms with Crippen LogP contribution in [0.25, 0.3) is 10.8 Å². The van der Waals surface area contributed by atoms with Crippen LogP contribution in [-0.2, 0) is 21.6 Å². The van der Waals surface area contributed by atoms with Crippen molar-refractivity contribution in [3.05, 3.63) is 16.5 Å². The zero-order valence-corrected chi connectivity index (χ0v) is 12.9. The van der Waals surface area contributed by atoms with E-state index in [1.807, 2.05) is 6.92 Å². The standard InChI is InChI=1S/C13H18N4O3S/c1-8-10(21-9(7-14)15-8)11-16-12(17-20-11)13(18-2)3-5-19-6-4-13/h3-7,14H2,1-2H3. The maximum Gasteiger partial charge on any atom is 0.270 e. The van der Waals surface area contributed by atoms with Gasteiger partial charge in [-0.2, -0.15) is 4.98 Å². The molecule has 21 heavy (non-hydrogen) atoms. The van der Waals surface area contributed by atoms with E-state index in [-0.39, 0.29) is 0 Å². The molecule has 2 aromatic rings. The van der Waals surface area contributed by atoms with Crippen molar-refractivity contribution in [1.82, 2.24) is 15.1 Å². The Morgan fingerprint density at radius 1 is 1.33 bits per heavy atom. The van der Waals surface area contributed by atoms with E-state index in [4.69, 9.17) is 19.7 Å². The second-order valence-electron chi connectivity index (χ2n) is 4.96. The van der Waals surface area contributed by atoms with Crippen LogP contribution in [-0.4, -0.2) is 35.4 Å². The van der Waals surface area contributed by atoms with Crippen molar-refractivity contribution in [2.24, 2.45) is 5.73 Å². The van der Waals surface area contributed by atoms with E-state index in [1.54, 1.807) is 7.11 Å². The third-order valence-corrected chi connectivity index (χ3v) is 4.90. The molecule has 2 N–H and O–H groups in total. The monoisotopic (exact) mass is 310 g/mol. The Morgan fingerprint density at radius 2 is 2.10 bits per heavy atom. The average molecular weight is 310 g/mol. The van der Waals surface area contributed by atoms with Gasteiger partial charge in [0.05, 0.1) is 5.69 Å². The predicted molar refractivity (Wildman–Crippen MR) is 76.8 cm³/mol. The lowest BCUT2D eigenvalue weighted by Crippen LogP contribution is -2.36. The largest absolute Gasteiger partial charge is 0.381 e. The van der Waals surface area contributed by atoms with Crippen LogP contribution < -0.4 is 5.73 Å². The van der Waals surface area contributed by atoms with E-state index < -0.39 is 5.60 Å². The van der Waals surface area contributed by atoms with Crippen LogP contribution in [0.2, 0.25) is 0 Å². The second-order valence-corrected chi connectivity index (χ2v) is 6.04. The molecule has 1 saturated heterocycles. The third kappa shape index (κ3) is 2.59. The molecule has 0 atom stereocenters. The molecule has 0 aromatic carbocycles. The SMILES string of the molecule is COC1(c2noc(-c3sc(CN)nc3C)n2)CCOCC1. The fourth-order valence-electron chi connectivity index (χ4n) is 2.46. The molecule has 114 valence electrons. The van der Waals surface area contributed by atoms with Crippen LogP contribution in [0.15, 0.2) is 4.52 Å². The number of nitrogens with zero attached hydrogens (tertiary/aromatic N) is 3. The van der Waals surface area contributed by atoms with E-state index in [9.17, 15) is 0 Å². The summed E-state index contributed by atoms with van der Waals surface area (Å²) >= 11 is 1.48. The van der Waals surface area contributed by atoms with Crippen LogP contribution >= 0.6 is 11.3 Å². The van der Waals surface area contributed by atoms with Crippen molar-refractivity contribution >= 4 is 11.3 Å². The van der Waals surface area contributed by atoms with Crippen molar-refractivity contribution in [3.63, 3.8) is 0 Å². The van der Waals surface area contributed by atoms with Crippen molar-refractivity contribution < 1.29 is 14.0 Å². The smallest absolute Gasteiger partial charge is 0.270 e. The molecular formula is C13H18N4O3S. The fraction of sp³-hybridized carbons (Fsp3) is 0.615. The molecule has 0 saturated carbocycles. The Morgan fingerprint density at radius 3 is 2.71 bits per heavy atom. The number of hydrogen-bond donors (Lipinski definition) is 1. The lowest BCUT2D eigenvalue weighted by molar-refractivity contribution is -0.101. The van der Waals surface area contributed by atoms with Crippen LogP contribution in [0.1, 0.15) is 29.4 Å².